The molecule has 0 radical (unpaired) electrons. The van der Waals surface area contributed by atoms with E-state index in [1.54, 1.807) is 18.2 Å². The summed E-state index contributed by atoms with van der Waals surface area (Å²) >= 11 is 4.79. The van der Waals surface area contributed by atoms with Crippen molar-refractivity contribution in [2.45, 2.75) is 24.5 Å². The van der Waals surface area contributed by atoms with E-state index in [4.69, 9.17) is 9.15 Å². The maximum Gasteiger partial charge on any atom is 0.331 e. The molecule has 29 heavy (non-hydrogen) atoms. The second kappa shape index (κ2) is 7.69. The third-order valence-electron chi connectivity index (χ3n) is 3.92. The van der Waals surface area contributed by atoms with Crippen LogP contribution in [0.2, 0.25) is 0 Å². The zero-order chi connectivity index (χ0) is 20.6. The zero-order valence-electron chi connectivity index (χ0n) is 14.8. The van der Waals surface area contributed by atoms with Crippen LogP contribution >= 0.6 is 27.3 Å². The highest BCUT2D eigenvalue weighted by Crippen LogP contribution is 2.30. The summed E-state index contributed by atoms with van der Waals surface area (Å²) in [7, 11) is -3.67. The molecule has 3 aromatic rings. The number of nitrogens with zero attached hydrogens (tertiary/aromatic N) is 3. The number of esters is 1. The van der Waals surface area contributed by atoms with Crippen LogP contribution in [0.3, 0.4) is 0 Å². The molecule has 0 unspecified atom stereocenters. The number of fused-ring (bicyclic) bond motifs is 1. The number of hydrogen-bond donors (Lipinski definition) is 1. The Morgan fingerprint density at radius 2 is 2.10 bits per heavy atom. The highest BCUT2D eigenvalue weighted by atomic mass is 79.9. The van der Waals surface area contributed by atoms with Crippen molar-refractivity contribution in [3.05, 3.63) is 51.6 Å². The van der Waals surface area contributed by atoms with Crippen LogP contribution in [-0.2, 0) is 26.2 Å². The molecule has 1 aliphatic heterocycles. The van der Waals surface area contributed by atoms with Crippen molar-refractivity contribution < 1.29 is 22.4 Å². The van der Waals surface area contributed by atoms with Gasteiger partial charge in [-0.3, -0.25) is 9.71 Å². The summed E-state index contributed by atoms with van der Waals surface area (Å²) in [5.41, 5.74) is 0.413. The van der Waals surface area contributed by atoms with E-state index in [1.807, 2.05) is 12.1 Å². The van der Waals surface area contributed by atoms with E-state index in [1.165, 1.54) is 24.3 Å². The Bertz CT molecular complexity index is 1220. The van der Waals surface area contributed by atoms with Crippen molar-refractivity contribution in [1.82, 2.24) is 14.9 Å². The van der Waals surface area contributed by atoms with Gasteiger partial charge in [0, 0.05) is 5.56 Å². The Hall–Kier alpha value is -2.57. The molecule has 0 bridgehead atoms. The maximum absolute atomic E-state index is 12.3. The number of nitrogens with one attached hydrogen (secondary N) is 1. The molecule has 2 aromatic heterocycles. The summed E-state index contributed by atoms with van der Waals surface area (Å²) in [6.07, 6.45) is 0. The largest absolute Gasteiger partial charge is 0.454 e. The molecule has 0 aliphatic carbocycles. The van der Waals surface area contributed by atoms with Gasteiger partial charge >= 0.3 is 5.97 Å². The van der Waals surface area contributed by atoms with E-state index in [-0.39, 0.29) is 23.2 Å². The second-order valence-corrected chi connectivity index (χ2v) is 10.1. The molecular formula is C17H13BrN4O5S2. The molecule has 0 saturated heterocycles. The number of ether oxygens (including phenoxy) is 1. The quantitative estimate of drug-likeness (QED) is 0.538. The Balaban J connectivity index is 1.42. The number of sulfonamides is 1. The highest BCUT2D eigenvalue weighted by Gasteiger charge is 2.31. The molecule has 0 saturated carbocycles. The number of benzene rings is 1. The number of aliphatic imine (C=N–C) groups is 1. The molecule has 12 heteroatoms. The molecule has 1 aromatic carbocycles. The fraction of sp³-hybridized carbons (Fsp3) is 0.176. The van der Waals surface area contributed by atoms with Gasteiger partial charge in [-0.05, 0) is 47.1 Å². The van der Waals surface area contributed by atoms with Gasteiger partial charge in [-0.1, -0.05) is 12.1 Å². The summed E-state index contributed by atoms with van der Waals surface area (Å²) in [6, 6.07) is 9.16. The van der Waals surface area contributed by atoms with Crippen LogP contribution < -0.4 is 4.72 Å². The lowest BCUT2D eigenvalue weighted by Crippen LogP contribution is -2.26. The first-order valence-corrected chi connectivity index (χ1v) is 11.4. The summed E-state index contributed by atoms with van der Waals surface area (Å²) in [5.74, 6) is -0.0743. The van der Waals surface area contributed by atoms with Crippen LogP contribution in [0.25, 0.3) is 10.8 Å². The number of hydrogen-bond acceptors (Lipinski definition) is 9. The number of aromatic nitrogens is 2. The number of carbonyl (C=O) groups excluding carboxylic acids is 1. The van der Waals surface area contributed by atoms with Crippen LogP contribution in [0, 0.1) is 0 Å². The van der Waals surface area contributed by atoms with Crippen molar-refractivity contribution in [3.63, 3.8) is 0 Å². The molecule has 1 aliphatic rings. The van der Waals surface area contributed by atoms with Gasteiger partial charge in [-0.25, -0.2) is 13.2 Å². The minimum atomic E-state index is -3.67. The van der Waals surface area contributed by atoms with Crippen LogP contribution in [0.5, 0.6) is 0 Å². The third-order valence-corrected chi connectivity index (χ3v) is 6.92. The minimum Gasteiger partial charge on any atom is -0.454 e. The van der Waals surface area contributed by atoms with Crippen LogP contribution in [0.4, 0.5) is 0 Å². The normalized spacial score (nSPS) is 17.0. The van der Waals surface area contributed by atoms with Gasteiger partial charge in [-0.2, -0.15) is 0 Å². The molecule has 1 atom stereocenters. The first-order chi connectivity index (χ1) is 13.8. The Morgan fingerprint density at radius 1 is 1.31 bits per heavy atom. The van der Waals surface area contributed by atoms with Gasteiger partial charge in [0.1, 0.15) is 11.9 Å². The SMILES string of the molecule is C[C@@H](N=C1NS(=O)(=O)c2ccccc21)C(=O)OCc1nnc(-c2ccc(Br)s2)o1. The molecule has 1 N–H and O–H groups in total. The van der Waals surface area contributed by atoms with Crippen molar-refractivity contribution in [2.75, 3.05) is 0 Å². The predicted octanol–water partition coefficient (Wildman–Crippen LogP) is 2.73. The molecule has 150 valence electrons. The van der Waals surface area contributed by atoms with Gasteiger partial charge in [-0.15, -0.1) is 21.5 Å². The molecule has 4 rings (SSSR count). The topological polar surface area (TPSA) is 124 Å². The van der Waals surface area contributed by atoms with Gasteiger partial charge in [0.15, 0.2) is 6.61 Å². The smallest absolute Gasteiger partial charge is 0.331 e. The molecule has 0 fully saturated rings. The Morgan fingerprint density at radius 3 is 2.86 bits per heavy atom. The highest BCUT2D eigenvalue weighted by molar-refractivity contribution is 9.11. The van der Waals surface area contributed by atoms with E-state index in [9.17, 15) is 13.2 Å². The van der Waals surface area contributed by atoms with Crippen LogP contribution in [0.15, 0.2) is 54.5 Å². The van der Waals surface area contributed by atoms with E-state index in [0.29, 0.717) is 11.5 Å². The van der Waals surface area contributed by atoms with Crippen molar-refractivity contribution >= 4 is 49.1 Å². The van der Waals surface area contributed by atoms with Crippen LogP contribution in [-0.4, -0.2) is 36.5 Å². The number of amidine groups is 1. The molecule has 0 amide bonds. The van der Waals surface area contributed by atoms with E-state index < -0.39 is 22.0 Å². The lowest BCUT2D eigenvalue weighted by Gasteiger charge is -2.07. The Kier molecular flexibility index (Phi) is 5.23. The first-order valence-electron chi connectivity index (χ1n) is 8.28. The lowest BCUT2D eigenvalue weighted by atomic mass is 10.2. The van der Waals surface area contributed by atoms with Gasteiger partial charge in [0.25, 0.3) is 21.8 Å². The lowest BCUT2D eigenvalue weighted by molar-refractivity contribution is -0.146. The molecular weight excluding hydrogens is 484 g/mol. The standard InChI is InChI=1S/C17H13BrN4O5S2/c1-9(19-15-10-4-2-3-5-12(10)29(24,25)22-15)17(23)26-8-14-20-21-16(27-14)11-6-7-13(18)28-11/h2-7,9H,8H2,1H3,(H,19,22)/t9-/m1/s1. The van der Waals surface area contributed by atoms with Crippen molar-refractivity contribution in [2.24, 2.45) is 4.99 Å². The van der Waals surface area contributed by atoms with Crippen LogP contribution in [0.1, 0.15) is 18.4 Å². The Labute approximate surface area is 178 Å². The monoisotopic (exact) mass is 496 g/mol. The van der Waals surface area contributed by atoms with Crippen molar-refractivity contribution in [1.29, 1.82) is 0 Å². The van der Waals surface area contributed by atoms with E-state index >= 15 is 0 Å². The van der Waals surface area contributed by atoms with Gasteiger partial charge < -0.3 is 9.15 Å². The number of carbonyl (C=O) groups is 1. The minimum absolute atomic E-state index is 0.105. The molecule has 9 nitrogen and oxygen atoms in total. The number of thiophene rings is 1. The zero-order valence-corrected chi connectivity index (χ0v) is 18.0. The fourth-order valence-electron chi connectivity index (χ4n) is 2.57. The van der Waals surface area contributed by atoms with Gasteiger partial charge in [0.05, 0.1) is 13.6 Å². The molecule has 0 spiro atoms. The molecule has 3 heterocycles. The van der Waals surface area contributed by atoms with Gasteiger partial charge in [0.2, 0.25) is 0 Å². The third kappa shape index (κ3) is 4.09. The van der Waals surface area contributed by atoms with E-state index in [2.05, 4.69) is 35.8 Å². The summed E-state index contributed by atoms with van der Waals surface area (Å²) in [4.78, 5) is 17.3. The summed E-state index contributed by atoms with van der Waals surface area (Å²) < 4.78 is 38.1. The fourth-order valence-corrected chi connectivity index (χ4v) is 5.12. The predicted molar refractivity (Wildman–Crippen MR) is 108 cm³/mol. The van der Waals surface area contributed by atoms with Crippen molar-refractivity contribution in [3.8, 4) is 10.8 Å². The first kappa shape index (κ1) is 19.7. The number of rotatable bonds is 5. The summed E-state index contributed by atoms with van der Waals surface area (Å²) in [5, 5.41) is 7.78. The maximum atomic E-state index is 12.3. The second-order valence-electron chi connectivity index (χ2n) is 5.97. The number of halogens is 1. The average Bonchev–Trinajstić information content (AvgIpc) is 3.39. The average molecular weight is 497 g/mol. The van der Waals surface area contributed by atoms with E-state index in [0.717, 1.165) is 8.66 Å². The summed E-state index contributed by atoms with van der Waals surface area (Å²) in [6.45, 7) is 1.29.